The molecule has 0 aromatic heterocycles. The molecular weight excluding hydrogens is 523 g/mol. The van der Waals surface area contributed by atoms with Crippen LogP contribution in [0.25, 0.3) is 0 Å². The number of carbonyl (C=O) groups is 2. The normalized spacial score (nSPS) is 24.3. The number of benzene rings is 2. The number of halogens is 2. The number of rotatable bonds is 7. The van der Waals surface area contributed by atoms with Crippen LogP contribution in [-0.2, 0) is 19.6 Å². The van der Waals surface area contributed by atoms with Crippen LogP contribution < -0.4 is 4.72 Å². The van der Waals surface area contributed by atoms with Gasteiger partial charge in [-0.15, -0.1) is 0 Å². The fraction of sp³-hybridized carbons (Fsp3) is 0.462. The molecule has 4 atom stereocenters. The summed E-state index contributed by atoms with van der Waals surface area (Å²) in [4.78, 5) is 28.6. The summed E-state index contributed by atoms with van der Waals surface area (Å²) in [6.07, 6.45) is 4.09. The smallest absolute Gasteiger partial charge is 0.306 e. The average Bonchev–Trinajstić information content (AvgIpc) is 2.81. The summed E-state index contributed by atoms with van der Waals surface area (Å²) in [5.74, 6) is -1.04. The Morgan fingerprint density at radius 1 is 1.11 bits per heavy atom. The molecule has 4 rings (SSSR count). The van der Waals surface area contributed by atoms with Crippen LogP contribution in [0.2, 0.25) is 10.0 Å². The first-order chi connectivity index (χ1) is 17.1. The molecule has 1 heterocycles. The molecule has 7 nitrogen and oxygen atoms in total. The second-order valence-electron chi connectivity index (χ2n) is 9.37. The molecule has 1 amide bonds. The van der Waals surface area contributed by atoms with E-state index in [9.17, 15) is 18.0 Å². The highest BCUT2D eigenvalue weighted by molar-refractivity contribution is 7.88. The van der Waals surface area contributed by atoms with Gasteiger partial charge in [-0.05, 0) is 49.1 Å². The Bertz CT molecular complexity index is 1250. The molecule has 1 aliphatic carbocycles. The van der Waals surface area contributed by atoms with Gasteiger partial charge in [-0.2, -0.15) is 0 Å². The van der Waals surface area contributed by atoms with Crippen molar-refractivity contribution in [3.05, 3.63) is 69.2 Å². The zero-order valence-corrected chi connectivity index (χ0v) is 22.6. The maximum absolute atomic E-state index is 14.1. The number of nitrogens with zero attached hydrogens (tertiary/aromatic N) is 1. The first-order valence-corrected chi connectivity index (χ1v) is 14.7. The van der Waals surface area contributed by atoms with Crippen molar-refractivity contribution in [3.63, 3.8) is 0 Å². The van der Waals surface area contributed by atoms with E-state index in [0.29, 0.717) is 34.0 Å². The number of sulfonamides is 1. The number of hydrogen-bond donors (Lipinski definition) is 1. The number of fused-ring (bicyclic) bond motifs is 1. The van der Waals surface area contributed by atoms with Gasteiger partial charge in [0.2, 0.25) is 10.0 Å². The molecule has 2 aliphatic rings. The van der Waals surface area contributed by atoms with Gasteiger partial charge in [0.15, 0.2) is 0 Å². The average molecular weight is 554 g/mol. The third-order valence-corrected chi connectivity index (χ3v) is 8.22. The van der Waals surface area contributed by atoms with Crippen molar-refractivity contribution in [2.75, 3.05) is 12.9 Å². The molecular formula is C26H30Cl2N2O5S. The van der Waals surface area contributed by atoms with E-state index in [0.717, 1.165) is 24.7 Å². The minimum atomic E-state index is -3.51. The van der Waals surface area contributed by atoms with Crippen LogP contribution in [0.4, 0.5) is 0 Å². The molecule has 194 valence electrons. The van der Waals surface area contributed by atoms with Crippen molar-refractivity contribution >= 4 is 45.1 Å². The van der Waals surface area contributed by atoms with E-state index in [2.05, 4.69) is 4.72 Å². The summed E-state index contributed by atoms with van der Waals surface area (Å²) < 4.78 is 32.5. The van der Waals surface area contributed by atoms with Crippen LogP contribution in [0.1, 0.15) is 72.5 Å². The standard InChI is InChI=1S/C26H30Cl2N2O5S/c1-3-35-24(31)15-20-17-8-4-5-9-18(17)26(32)30(25(20)19-13-12-16(27)14-21(19)28)23-11-7-6-10-22(23)29-36(2,33)34/h4-5,8-9,12-14,20,22-23,25,29H,3,6-7,10-11,15H2,1-2H3/t20-,22-,23-,25+/m1/s1. The van der Waals surface area contributed by atoms with Gasteiger partial charge in [-0.25, -0.2) is 13.1 Å². The minimum Gasteiger partial charge on any atom is -0.466 e. The van der Waals surface area contributed by atoms with E-state index in [1.165, 1.54) is 0 Å². The molecule has 2 aromatic carbocycles. The number of carbonyl (C=O) groups excluding carboxylic acids is 2. The zero-order chi connectivity index (χ0) is 26.0. The summed E-state index contributed by atoms with van der Waals surface area (Å²) in [6, 6.07) is 10.9. The molecule has 0 spiro atoms. The Morgan fingerprint density at radius 2 is 1.83 bits per heavy atom. The molecule has 0 bridgehead atoms. The topological polar surface area (TPSA) is 92.8 Å². The Morgan fingerprint density at radius 3 is 2.53 bits per heavy atom. The van der Waals surface area contributed by atoms with Gasteiger partial charge in [-0.3, -0.25) is 9.59 Å². The van der Waals surface area contributed by atoms with Crippen LogP contribution >= 0.6 is 23.2 Å². The third kappa shape index (κ3) is 5.72. The van der Waals surface area contributed by atoms with Crippen LogP contribution in [0.5, 0.6) is 0 Å². The fourth-order valence-corrected chi connectivity index (χ4v) is 6.93. The zero-order valence-electron chi connectivity index (χ0n) is 20.2. The maximum atomic E-state index is 14.1. The Balaban J connectivity index is 1.91. The molecule has 1 aliphatic heterocycles. The van der Waals surface area contributed by atoms with Crippen molar-refractivity contribution in [2.24, 2.45) is 0 Å². The van der Waals surface area contributed by atoms with E-state index >= 15 is 0 Å². The molecule has 2 aromatic rings. The molecule has 36 heavy (non-hydrogen) atoms. The predicted octanol–water partition coefficient (Wildman–Crippen LogP) is 5.09. The van der Waals surface area contributed by atoms with Gasteiger partial charge >= 0.3 is 5.97 Å². The van der Waals surface area contributed by atoms with Crippen molar-refractivity contribution in [2.45, 2.75) is 63.1 Å². The van der Waals surface area contributed by atoms with E-state index in [1.54, 1.807) is 42.2 Å². The van der Waals surface area contributed by atoms with Gasteiger partial charge in [0, 0.05) is 33.6 Å². The second-order valence-corrected chi connectivity index (χ2v) is 12.0. The first kappa shape index (κ1) is 26.9. The second kappa shape index (κ2) is 11.1. The molecule has 10 heteroatoms. The lowest BCUT2D eigenvalue weighted by Crippen LogP contribution is -2.58. The summed E-state index contributed by atoms with van der Waals surface area (Å²) in [6.45, 7) is 1.99. The Kier molecular flexibility index (Phi) is 8.29. The van der Waals surface area contributed by atoms with Crippen molar-refractivity contribution in [3.8, 4) is 0 Å². The molecule has 0 radical (unpaired) electrons. The maximum Gasteiger partial charge on any atom is 0.306 e. The van der Waals surface area contributed by atoms with Crippen LogP contribution in [0, 0.1) is 0 Å². The summed E-state index contributed by atoms with van der Waals surface area (Å²) in [5.41, 5.74) is 1.89. The molecule has 1 saturated carbocycles. The number of esters is 1. The largest absolute Gasteiger partial charge is 0.466 e. The number of nitrogens with one attached hydrogen (secondary N) is 1. The fourth-order valence-electron chi connectivity index (χ4n) is 5.59. The molecule has 0 unspecified atom stereocenters. The Labute approximate surface area is 222 Å². The summed E-state index contributed by atoms with van der Waals surface area (Å²) >= 11 is 12.9. The highest BCUT2D eigenvalue weighted by Gasteiger charge is 2.47. The van der Waals surface area contributed by atoms with Crippen LogP contribution in [0.3, 0.4) is 0 Å². The summed E-state index contributed by atoms with van der Waals surface area (Å²) in [7, 11) is -3.51. The lowest BCUT2D eigenvalue weighted by Gasteiger charge is -2.49. The SMILES string of the molecule is CCOC(=O)C[C@@H]1c2ccccc2C(=O)N([C@@H]2CCCC[C@H]2NS(C)(=O)=O)[C@H]1c1ccc(Cl)cc1Cl. The molecule has 0 saturated heterocycles. The number of hydrogen-bond acceptors (Lipinski definition) is 5. The van der Waals surface area contributed by atoms with Gasteiger partial charge < -0.3 is 9.64 Å². The lowest BCUT2D eigenvalue weighted by molar-refractivity contribution is -0.144. The van der Waals surface area contributed by atoms with Crippen LogP contribution in [0.15, 0.2) is 42.5 Å². The molecule has 1 N–H and O–H groups in total. The summed E-state index contributed by atoms with van der Waals surface area (Å²) in [5, 5.41) is 0.830. The Hall–Kier alpha value is -2.13. The highest BCUT2D eigenvalue weighted by Crippen LogP contribution is 2.49. The van der Waals surface area contributed by atoms with Crippen molar-refractivity contribution in [1.29, 1.82) is 0 Å². The van der Waals surface area contributed by atoms with Gasteiger partial charge in [0.1, 0.15) is 0 Å². The van der Waals surface area contributed by atoms with Crippen molar-refractivity contribution in [1.82, 2.24) is 9.62 Å². The predicted molar refractivity (Wildman–Crippen MR) is 140 cm³/mol. The number of amides is 1. The lowest BCUT2D eigenvalue weighted by atomic mass is 9.75. The van der Waals surface area contributed by atoms with E-state index in [4.69, 9.17) is 27.9 Å². The number of ether oxygens (including phenoxy) is 1. The molecule has 1 fully saturated rings. The van der Waals surface area contributed by atoms with Gasteiger partial charge in [0.25, 0.3) is 5.91 Å². The van der Waals surface area contributed by atoms with Crippen molar-refractivity contribution < 1.29 is 22.7 Å². The first-order valence-electron chi connectivity index (χ1n) is 12.1. The van der Waals surface area contributed by atoms with E-state index < -0.39 is 34.1 Å². The van der Waals surface area contributed by atoms with Gasteiger partial charge in [-0.1, -0.05) is 60.3 Å². The monoisotopic (exact) mass is 552 g/mol. The van der Waals surface area contributed by atoms with E-state index in [1.807, 2.05) is 12.1 Å². The van der Waals surface area contributed by atoms with E-state index in [-0.39, 0.29) is 24.9 Å². The van der Waals surface area contributed by atoms with Gasteiger partial charge in [0.05, 0.1) is 25.3 Å². The van der Waals surface area contributed by atoms with Crippen LogP contribution in [-0.4, -0.2) is 50.1 Å². The quantitative estimate of drug-likeness (QED) is 0.483. The minimum absolute atomic E-state index is 0.0369. The highest BCUT2D eigenvalue weighted by atomic mass is 35.5. The third-order valence-electron chi connectivity index (χ3n) is 6.93.